The Morgan fingerprint density at radius 2 is 2.15 bits per heavy atom. The third kappa shape index (κ3) is 5.35. The van der Waals surface area contributed by atoms with Crippen LogP contribution < -0.4 is 5.32 Å². The van der Waals surface area contributed by atoms with Crippen molar-refractivity contribution in [1.82, 2.24) is 10.2 Å². The second kappa shape index (κ2) is 6.90. The lowest BCUT2D eigenvalue weighted by atomic mass is 10.1. The Balaban J connectivity index is 2.46. The number of urea groups is 1. The van der Waals surface area contributed by atoms with Crippen molar-refractivity contribution in [2.75, 3.05) is 20.1 Å². The van der Waals surface area contributed by atoms with Crippen LogP contribution in [0.3, 0.4) is 0 Å². The van der Waals surface area contributed by atoms with Crippen LogP contribution in [-0.2, 0) is 6.42 Å². The predicted molar refractivity (Wildman–Crippen MR) is 77.4 cm³/mol. The molecule has 1 aromatic rings. The summed E-state index contributed by atoms with van der Waals surface area (Å²) < 4.78 is 13.5. The largest absolute Gasteiger partial charge is 0.389 e. The van der Waals surface area contributed by atoms with Crippen LogP contribution in [0.15, 0.2) is 18.2 Å². The molecule has 0 spiro atoms. The van der Waals surface area contributed by atoms with Crippen molar-refractivity contribution in [1.29, 1.82) is 0 Å². The number of likely N-dealkylation sites (N-methyl/N-ethyl adjacent to an activating group) is 1. The van der Waals surface area contributed by atoms with E-state index in [-0.39, 0.29) is 24.9 Å². The van der Waals surface area contributed by atoms with Gasteiger partial charge in [-0.3, -0.25) is 0 Å². The molecule has 6 heteroatoms. The van der Waals surface area contributed by atoms with Gasteiger partial charge in [-0.15, -0.1) is 0 Å². The fourth-order valence-corrected chi connectivity index (χ4v) is 2.11. The van der Waals surface area contributed by atoms with Gasteiger partial charge in [-0.25, -0.2) is 9.18 Å². The number of halogens is 2. The van der Waals surface area contributed by atoms with Crippen LogP contribution in [0.4, 0.5) is 9.18 Å². The van der Waals surface area contributed by atoms with Crippen molar-refractivity contribution >= 4 is 17.6 Å². The second-order valence-electron chi connectivity index (χ2n) is 5.35. The highest BCUT2D eigenvalue weighted by atomic mass is 35.5. The molecule has 4 nitrogen and oxygen atoms in total. The number of aliphatic hydroxyl groups is 1. The maximum absolute atomic E-state index is 13.5. The van der Waals surface area contributed by atoms with E-state index in [4.69, 9.17) is 11.6 Å². The van der Waals surface area contributed by atoms with Gasteiger partial charge in [0, 0.05) is 24.2 Å². The lowest BCUT2D eigenvalue weighted by molar-refractivity contribution is 0.0532. The van der Waals surface area contributed by atoms with Gasteiger partial charge in [0.05, 0.1) is 12.1 Å². The molecule has 0 radical (unpaired) electrons. The maximum atomic E-state index is 13.5. The Bertz CT molecular complexity index is 454. The van der Waals surface area contributed by atoms with Crippen molar-refractivity contribution in [2.45, 2.75) is 25.9 Å². The van der Waals surface area contributed by atoms with Gasteiger partial charge in [-0.1, -0.05) is 17.7 Å². The van der Waals surface area contributed by atoms with E-state index in [0.717, 1.165) is 0 Å². The van der Waals surface area contributed by atoms with Gasteiger partial charge in [0.1, 0.15) is 5.82 Å². The summed E-state index contributed by atoms with van der Waals surface area (Å²) in [6, 6.07) is 4.17. The minimum absolute atomic E-state index is 0.208. The van der Waals surface area contributed by atoms with E-state index in [1.165, 1.54) is 17.0 Å². The van der Waals surface area contributed by atoms with Crippen LogP contribution in [0.1, 0.15) is 19.4 Å². The third-order valence-electron chi connectivity index (χ3n) is 2.68. The number of hydrogen-bond acceptors (Lipinski definition) is 2. The molecule has 0 unspecified atom stereocenters. The van der Waals surface area contributed by atoms with Gasteiger partial charge in [-0.05, 0) is 32.4 Å². The zero-order chi connectivity index (χ0) is 15.3. The SMILES string of the molecule is CN(CC(C)(C)O)C(=O)NCCc1c(F)cccc1Cl. The number of amides is 2. The Morgan fingerprint density at radius 1 is 1.50 bits per heavy atom. The van der Waals surface area contributed by atoms with Crippen molar-refractivity contribution in [3.63, 3.8) is 0 Å². The molecule has 2 N–H and O–H groups in total. The summed E-state index contributed by atoms with van der Waals surface area (Å²) in [4.78, 5) is 13.1. The monoisotopic (exact) mass is 302 g/mol. The number of nitrogens with zero attached hydrogens (tertiary/aromatic N) is 1. The molecule has 112 valence electrons. The van der Waals surface area contributed by atoms with Crippen molar-refractivity contribution in [3.8, 4) is 0 Å². The first-order chi connectivity index (χ1) is 9.20. The standard InChI is InChI=1S/C14H20ClFN2O2/c1-14(2,20)9-18(3)13(19)17-8-7-10-11(15)5-4-6-12(10)16/h4-6,20H,7-9H2,1-3H3,(H,17,19). The minimum atomic E-state index is -0.957. The molecule has 0 aliphatic rings. The van der Waals surface area contributed by atoms with Gasteiger partial charge in [0.25, 0.3) is 0 Å². The molecule has 2 amide bonds. The first-order valence-electron chi connectivity index (χ1n) is 6.35. The highest BCUT2D eigenvalue weighted by Gasteiger charge is 2.19. The first-order valence-corrected chi connectivity index (χ1v) is 6.73. The molecule has 0 bridgehead atoms. The molecular formula is C14H20ClFN2O2. The molecule has 0 heterocycles. The normalized spacial score (nSPS) is 11.3. The molecule has 0 aliphatic heterocycles. The van der Waals surface area contributed by atoms with Gasteiger partial charge in [-0.2, -0.15) is 0 Å². The Labute approximate surface area is 123 Å². The molecular weight excluding hydrogens is 283 g/mol. The molecule has 0 saturated heterocycles. The number of benzene rings is 1. The third-order valence-corrected chi connectivity index (χ3v) is 3.04. The average Bonchev–Trinajstić information content (AvgIpc) is 2.30. The van der Waals surface area contributed by atoms with Crippen molar-refractivity contribution < 1.29 is 14.3 Å². The summed E-state index contributed by atoms with van der Waals surface area (Å²) in [5, 5.41) is 12.6. The Kier molecular flexibility index (Phi) is 5.77. The first kappa shape index (κ1) is 16.7. The minimum Gasteiger partial charge on any atom is -0.389 e. The highest BCUT2D eigenvalue weighted by Crippen LogP contribution is 2.18. The molecule has 0 aliphatic carbocycles. The topological polar surface area (TPSA) is 52.6 Å². The summed E-state index contributed by atoms with van der Waals surface area (Å²) in [5.41, 5.74) is -0.569. The summed E-state index contributed by atoms with van der Waals surface area (Å²) in [5.74, 6) is -0.378. The van der Waals surface area contributed by atoms with Crippen LogP contribution in [0.5, 0.6) is 0 Å². The molecule has 1 rings (SSSR count). The predicted octanol–water partition coefficient (Wildman–Crippen LogP) is 2.43. The molecule has 0 fully saturated rings. The zero-order valence-corrected chi connectivity index (χ0v) is 12.7. The summed E-state index contributed by atoms with van der Waals surface area (Å²) in [7, 11) is 1.59. The van der Waals surface area contributed by atoms with Crippen molar-refractivity contribution in [2.24, 2.45) is 0 Å². The van der Waals surface area contributed by atoms with Crippen LogP contribution in [0.25, 0.3) is 0 Å². The second-order valence-corrected chi connectivity index (χ2v) is 5.76. The van der Waals surface area contributed by atoms with E-state index in [0.29, 0.717) is 17.0 Å². The van der Waals surface area contributed by atoms with Gasteiger partial charge >= 0.3 is 6.03 Å². The lowest BCUT2D eigenvalue weighted by Gasteiger charge is -2.25. The van der Waals surface area contributed by atoms with E-state index in [2.05, 4.69) is 5.32 Å². The fraction of sp³-hybridized carbons (Fsp3) is 0.500. The fourth-order valence-electron chi connectivity index (χ4n) is 1.85. The Morgan fingerprint density at radius 3 is 2.70 bits per heavy atom. The van der Waals surface area contributed by atoms with E-state index >= 15 is 0 Å². The van der Waals surface area contributed by atoms with Crippen LogP contribution in [-0.4, -0.2) is 41.8 Å². The van der Waals surface area contributed by atoms with Crippen LogP contribution in [0, 0.1) is 5.82 Å². The zero-order valence-electron chi connectivity index (χ0n) is 11.9. The van der Waals surface area contributed by atoms with Gasteiger partial charge < -0.3 is 15.3 Å². The van der Waals surface area contributed by atoms with Gasteiger partial charge in [0.2, 0.25) is 0 Å². The van der Waals surface area contributed by atoms with E-state index in [9.17, 15) is 14.3 Å². The highest BCUT2D eigenvalue weighted by molar-refractivity contribution is 6.31. The summed E-state index contributed by atoms with van der Waals surface area (Å²) >= 11 is 5.90. The number of hydrogen-bond donors (Lipinski definition) is 2. The molecule has 0 saturated carbocycles. The number of nitrogens with one attached hydrogen (secondary N) is 1. The summed E-state index contributed by atoms with van der Waals surface area (Å²) in [6.07, 6.45) is 0.313. The number of carbonyl (C=O) groups excluding carboxylic acids is 1. The quantitative estimate of drug-likeness (QED) is 0.878. The van der Waals surface area contributed by atoms with Crippen LogP contribution in [0.2, 0.25) is 5.02 Å². The molecule has 20 heavy (non-hydrogen) atoms. The maximum Gasteiger partial charge on any atom is 0.317 e. The number of rotatable bonds is 5. The Hall–Kier alpha value is -1.33. The van der Waals surface area contributed by atoms with Crippen LogP contribution >= 0.6 is 11.6 Å². The average molecular weight is 303 g/mol. The smallest absolute Gasteiger partial charge is 0.317 e. The van der Waals surface area contributed by atoms with E-state index in [1.807, 2.05) is 0 Å². The van der Waals surface area contributed by atoms with E-state index < -0.39 is 5.60 Å². The molecule has 0 aromatic heterocycles. The number of carbonyl (C=O) groups is 1. The molecule has 0 atom stereocenters. The van der Waals surface area contributed by atoms with Crippen molar-refractivity contribution in [3.05, 3.63) is 34.6 Å². The lowest BCUT2D eigenvalue weighted by Crippen LogP contribution is -2.45. The van der Waals surface area contributed by atoms with Gasteiger partial charge in [0.15, 0.2) is 0 Å². The summed E-state index contributed by atoms with van der Waals surface area (Å²) in [6.45, 7) is 3.72. The van der Waals surface area contributed by atoms with E-state index in [1.54, 1.807) is 27.0 Å². The molecule has 1 aromatic carbocycles.